The maximum Gasteiger partial charge on any atom is 0.267 e. The fraction of sp³-hybridized carbons (Fsp3) is 0.278. The van der Waals surface area contributed by atoms with E-state index in [4.69, 9.17) is 11.5 Å². The SMILES string of the molecule is CC1=Cn2c(C(N)=O)c(N)c(-c3c(C)ccc(O)c3C)c2C2NCNN12. The van der Waals surface area contributed by atoms with Gasteiger partial charge in [-0.15, -0.1) is 0 Å². The average molecular weight is 354 g/mol. The first kappa shape index (κ1) is 16.5. The second-order valence-electron chi connectivity index (χ2n) is 6.74. The van der Waals surface area contributed by atoms with E-state index in [1.54, 1.807) is 10.6 Å². The van der Waals surface area contributed by atoms with Crippen LogP contribution in [0.4, 0.5) is 5.69 Å². The van der Waals surface area contributed by atoms with E-state index in [2.05, 4.69) is 10.7 Å². The van der Waals surface area contributed by atoms with Crippen molar-refractivity contribution in [2.45, 2.75) is 26.9 Å². The van der Waals surface area contributed by atoms with Crippen molar-refractivity contribution >= 4 is 17.8 Å². The Morgan fingerprint density at radius 1 is 1.27 bits per heavy atom. The molecule has 4 rings (SSSR count). The van der Waals surface area contributed by atoms with Crippen LogP contribution in [0.5, 0.6) is 5.75 Å². The minimum atomic E-state index is -0.589. The van der Waals surface area contributed by atoms with Gasteiger partial charge in [-0.05, 0) is 43.5 Å². The number of fused-ring (bicyclic) bond motifs is 3. The minimum absolute atomic E-state index is 0.183. The summed E-state index contributed by atoms with van der Waals surface area (Å²) < 4.78 is 1.77. The summed E-state index contributed by atoms with van der Waals surface area (Å²) in [5.74, 6) is -0.406. The Labute approximate surface area is 151 Å². The van der Waals surface area contributed by atoms with Crippen molar-refractivity contribution in [3.8, 4) is 16.9 Å². The Morgan fingerprint density at radius 3 is 2.69 bits per heavy atom. The predicted molar refractivity (Wildman–Crippen MR) is 99.6 cm³/mol. The lowest BCUT2D eigenvalue weighted by Crippen LogP contribution is -2.36. The molecule has 1 unspecified atom stereocenters. The highest BCUT2D eigenvalue weighted by atomic mass is 16.3. The van der Waals surface area contributed by atoms with E-state index in [9.17, 15) is 9.90 Å². The van der Waals surface area contributed by atoms with Crippen molar-refractivity contribution in [1.82, 2.24) is 20.3 Å². The van der Waals surface area contributed by atoms with E-state index < -0.39 is 5.91 Å². The number of carbonyl (C=O) groups excluding carboxylic acids is 1. The molecule has 0 radical (unpaired) electrons. The zero-order valence-electron chi connectivity index (χ0n) is 14.9. The van der Waals surface area contributed by atoms with Crippen LogP contribution in [0.2, 0.25) is 0 Å². The maximum absolute atomic E-state index is 12.2. The lowest BCUT2D eigenvalue weighted by atomic mass is 9.93. The normalized spacial score (nSPS) is 18.5. The van der Waals surface area contributed by atoms with Gasteiger partial charge in [0.05, 0.1) is 18.1 Å². The Hall–Kier alpha value is -2.97. The number of aryl methyl sites for hydroxylation is 1. The smallest absolute Gasteiger partial charge is 0.267 e. The predicted octanol–water partition coefficient (Wildman–Crippen LogP) is 1.36. The van der Waals surface area contributed by atoms with Crippen molar-refractivity contribution < 1.29 is 9.90 Å². The lowest BCUT2D eigenvalue weighted by molar-refractivity contribution is 0.0994. The fourth-order valence-corrected chi connectivity index (χ4v) is 3.97. The number of anilines is 1. The maximum atomic E-state index is 12.2. The number of nitrogens with two attached hydrogens (primary N) is 2. The van der Waals surface area contributed by atoms with Gasteiger partial charge < -0.3 is 21.1 Å². The van der Waals surface area contributed by atoms with Crippen LogP contribution < -0.4 is 22.2 Å². The molecular weight excluding hydrogens is 332 g/mol. The molecule has 8 heteroatoms. The largest absolute Gasteiger partial charge is 0.508 e. The van der Waals surface area contributed by atoms with Crippen molar-refractivity contribution in [2.24, 2.45) is 5.73 Å². The molecule has 0 aliphatic carbocycles. The fourth-order valence-electron chi connectivity index (χ4n) is 3.97. The van der Waals surface area contributed by atoms with E-state index in [0.29, 0.717) is 17.9 Å². The van der Waals surface area contributed by atoms with Crippen molar-refractivity contribution in [1.29, 1.82) is 0 Å². The molecule has 26 heavy (non-hydrogen) atoms. The monoisotopic (exact) mass is 354 g/mol. The standard InChI is InChI=1S/C18H22N6O2/c1-8-4-5-11(25)10(3)12(8)13-14(19)16(17(20)26)23-6-9(2)24-18(15(13)23)21-7-22-24/h4-6,18,21-22,25H,7,19H2,1-3H3,(H2,20,26). The number of rotatable bonds is 2. The lowest BCUT2D eigenvalue weighted by Gasteiger charge is -2.32. The minimum Gasteiger partial charge on any atom is -0.508 e. The number of nitrogen functional groups attached to an aromatic ring is 1. The quantitative estimate of drug-likeness (QED) is 0.555. The van der Waals surface area contributed by atoms with Gasteiger partial charge in [0, 0.05) is 17.5 Å². The zero-order chi connectivity index (χ0) is 18.7. The number of aromatic nitrogens is 1. The van der Waals surface area contributed by atoms with Crippen molar-refractivity contribution in [3.63, 3.8) is 0 Å². The third kappa shape index (κ3) is 2.06. The molecule has 1 fully saturated rings. The molecule has 0 spiro atoms. The third-order valence-corrected chi connectivity index (χ3v) is 5.17. The second-order valence-corrected chi connectivity index (χ2v) is 6.74. The molecule has 1 aromatic carbocycles. The van der Waals surface area contributed by atoms with Crippen molar-refractivity contribution in [3.05, 3.63) is 40.3 Å². The van der Waals surface area contributed by atoms with E-state index >= 15 is 0 Å². The first-order valence-electron chi connectivity index (χ1n) is 8.40. The molecular formula is C18H22N6O2. The summed E-state index contributed by atoms with van der Waals surface area (Å²) in [7, 11) is 0. The Balaban J connectivity index is 2.12. The van der Waals surface area contributed by atoms with Gasteiger partial charge in [0.1, 0.15) is 17.6 Å². The molecule has 3 heterocycles. The number of nitrogens with one attached hydrogen (secondary N) is 2. The van der Waals surface area contributed by atoms with E-state index in [1.807, 2.05) is 38.0 Å². The number of phenolic OH excluding ortho intramolecular Hbond substituents is 1. The van der Waals surface area contributed by atoms with Gasteiger partial charge in [-0.1, -0.05) is 6.07 Å². The van der Waals surface area contributed by atoms with Gasteiger partial charge >= 0.3 is 0 Å². The van der Waals surface area contributed by atoms with Gasteiger partial charge in [-0.3, -0.25) is 15.1 Å². The molecule has 8 nitrogen and oxygen atoms in total. The Kier molecular flexibility index (Phi) is 3.50. The molecule has 1 amide bonds. The van der Waals surface area contributed by atoms with Crippen LogP contribution >= 0.6 is 0 Å². The number of hydrogen-bond acceptors (Lipinski definition) is 6. The topological polar surface area (TPSA) is 122 Å². The van der Waals surface area contributed by atoms with Gasteiger partial charge in [-0.25, -0.2) is 5.43 Å². The molecule has 2 aromatic rings. The van der Waals surface area contributed by atoms with Gasteiger partial charge in [0.2, 0.25) is 0 Å². The number of hydrogen-bond donors (Lipinski definition) is 5. The van der Waals surface area contributed by atoms with Crippen LogP contribution in [-0.2, 0) is 0 Å². The molecule has 7 N–H and O–H groups in total. The van der Waals surface area contributed by atoms with Crippen LogP contribution in [0.1, 0.15) is 40.4 Å². The van der Waals surface area contributed by atoms with Gasteiger partial charge in [-0.2, -0.15) is 0 Å². The number of aromatic hydroxyl groups is 1. The first-order valence-corrected chi connectivity index (χ1v) is 8.40. The van der Waals surface area contributed by atoms with Crippen LogP contribution in [0, 0.1) is 13.8 Å². The second kappa shape index (κ2) is 5.52. The number of benzene rings is 1. The molecule has 1 atom stereocenters. The third-order valence-electron chi connectivity index (χ3n) is 5.17. The van der Waals surface area contributed by atoms with Gasteiger partial charge in [0.25, 0.3) is 5.91 Å². The van der Waals surface area contributed by atoms with Crippen LogP contribution in [-0.4, -0.2) is 27.3 Å². The number of hydrazine groups is 1. The van der Waals surface area contributed by atoms with E-state index in [1.165, 1.54) is 0 Å². The molecule has 2 aliphatic heterocycles. The Bertz CT molecular complexity index is 975. The zero-order valence-corrected chi connectivity index (χ0v) is 14.9. The summed E-state index contributed by atoms with van der Waals surface area (Å²) in [4.78, 5) is 12.2. The summed E-state index contributed by atoms with van der Waals surface area (Å²) in [5, 5.41) is 15.6. The number of phenols is 1. The molecule has 1 aromatic heterocycles. The first-order chi connectivity index (χ1) is 12.3. The number of carbonyl (C=O) groups is 1. The molecule has 2 aliphatic rings. The molecule has 1 saturated heterocycles. The summed E-state index contributed by atoms with van der Waals surface area (Å²) in [6, 6.07) is 3.50. The van der Waals surface area contributed by atoms with Crippen molar-refractivity contribution in [2.75, 3.05) is 12.4 Å². The summed E-state index contributed by atoms with van der Waals surface area (Å²) in [6.07, 6.45) is 1.64. The van der Waals surface area contributed by atoms with E-state index in [0.717, 1.165) is 28.1 Å². The van der Waals surface area contributed by atoms with E-state index in [-0.39, 0.29) is 17.6 Å². The molecule has 0 saturated carbocycles. The summed E-state index contributed by atoms with van der Waals surface area (Å²) >= 11 is 0. The van der Waals surface area contributed by atoms with Crippen LogP contribution in [0.15, 0.2) is 17.8 Å². The number of allylic oxidation sites excluding steroid dienone is 1. The van der Waals surface area contributed by atoms with Crippen LogP contribution in [0.25, 0.3) is 17.3 Å². The summed E-state index contributed by atoms with van der Waals surface area (Å²) in [6.45, 7) is 6.33. The summed E-state index contributed by atoms with van der Waals surface area (Å²) in [5.41, 5.74) is 20.9. The highest BCUT2D eigenvalue weighted by molar-refractivity contribution is 6.03. The number of nitrogens with zero attached hydrogens (tertiary/aromatic N) is 2. The highest BCUT2D eigenvalue weighted by Gasteiger charge is 2.38. The number of amides is 1. The molecule has 0 bridgehead atoms. The average Bonchev–Trinajstić information content (AvgIpc) is 3.15. The van der Waals surface area contributed by atoms with Crippen LogP contribution in [0.3, 0.4) is 0 Å². The Morgan fingerprint density at radius 2 is 2.00 bits per heavy atom. The van der Waals surface area contributed by atoms with Gasteiger partial charge in [0.15, 0.2) is 0 Å². The highest BCUT2D eigenvalue weighted by Crippen LogP contribution is 2.46. The molecule has 136 valence electrons. The number of primary amides is 1.